The average molecular weight is 843 g/mol. The van der Waals surface area contributed by atoms with Crippen LogP contribution in [0.25, 0.3) is 90.9 Å². The molecule has 8 heteroatoms. The first-order valence-corrected chi connectivity index (χ1v) is 22.6. The molecule has 0 amide bonds. The number of nitrogens with one attached hydrogen (secondary N) is 2. The molecule has 0 saturated carbocycles. The molecule has 0 fully saturated rings. The van der Waals surface area contributed by atoms with E-state index in [1.807, 2.05) is 0 Å². The summed E-state index contributed by atoms with van der Waals surface area (Å²) < 4.78 is 0. The lowest BCUT2D eigenvalue weighted by atomic mass is 10.0. The molecule has 0 aliphatic carbocycles. The van der Waals surface area contributed by atoms with Crippen LogP contribution in [0.1, 0.15) is 50.5 Å². The summed E-state index contributed by atoms with van der Waals surface area (Å²) in [5.41, 5.74) is 20.6. The van der Waals surface area contributed by atoms with Gasteiger partial charge >= 0.3 is 0 Å². The maximum atomic E-state index is 5.58. The van der Waals surface area contributed by atoms with Crippen molar-refractivity contribution in [2.45, 2.75) is 27.7 Å². The number of benzene rings is 4. The largest absolute Gasteiger partial charge is 0.375 e. The van der Waals surface area contributed by atoms with Crippen molar-refractivity contribution in [1.82, 2.24) is 19.9 Å². The zero-order chi connectivity index (χ0) is 44.5. The van der Waals surface area contributed by atoms with Crippen LogP contribution in [-0.2, 0) is 0 Å². The number of aromatic amines is 2. The van der Waals surface area contributed by atoms with E-state index in [2.05, 4.69) is 231 Å². The number of hydrogen-bond donors (Lipinski definition) is 2. The maximum absolute atomic E-state index is 5.58. The van der Waals surface area contributed by atoms with Gasteiger partial charge in [-0.2, -0.15) is 0 Å². The second kappa shape index (κ2) is 17.8. The van der Waals surface area contributed by atoms with Gasteiger partial charge in [0.1, 0.15) is 0 Å². The Labute approximate surface area is 377 Å². The maximum Gasteiger partial charge on any atom is 0.0737 e. The smallest absolute Gasteiger partial charge is 0.0737 e. The van der Waals surface area contributed by atoms with Crippen molar-refractivity contribution in [3.8, 4) is 44.5 Å². The van der Waals surface area contributed by atoms with Gasteiger partial charge in [-0.25, -0.2) is 9.97 Å². The van der Waals surface area contributed by atoms with Crippen molar-refractivity contribution in [2.75, 3.05) is 74.0 Å². The lowest BCUT2D eigenvalue weighted by molar-refractivity contribution is 0.968. The number of H-pyrrole nitrogens is 2. The summed E-state index contributed by atoms with van der Waals surface area (Å²) in [4.78, 5) is 28.1. The molecule has 2 aliphatic heterocycles. The first-order valence-electron chi connectivity index (χ1n) is 22.6. The monoisotopic (exact) mass is 842 g/mol. The molecule has 0 unspecified atom stereocenters. The van der Waals surface area contributed by atoms with Gasteiger partial charge in [0, 0.05) is 121 Å². The molecular weight excluding hydrogens is 785 g/mol. The Morgan fingerprint density at radius 3 is 0.797 bits per heavy atom. The molecule has 3 aromatic heterocycles. The van der Waals surface area contributed by atoms with Crippen LogP contribution in [0, 0.1) is 0 Å². The molecule has 0 radical (unpaired) electrons. The first-order chi connectivity index (χ1) is 31.2. The zero-order valence-corrected chi connectivity index (χ0v) is 38.4. The molecule has 7 aromatic rings. The normalized spacial score (nSPS) is 11.9. The molecule has 0 saturated heterocycles. The van der Waals surface area contributed by atoms with Gasteiger partial charge in [0.25, 0.3) is 0 Å². The number of anilines is 4. The fourth-order valence-corrected chi connectivity index (χ4v) is 8.75. The van der Waals surface area contributed by atoms with Gasteiger partial charge in [0.2, 0.25) is 0 Å². The van der Waals surface area contributed by atoms with Crippen molar-refractivity contribution in [3.63, 3.8) is 0 Å². The Hall–Kier alpha value is -7.32. The third-order valence-corrected chi connectivity index (χ3v) is 13.0. The molecule has 4 aromatic carbocycles. The average Bonchev–Trinajstić information content (AvgIpc) is 4.19. The minimum atomic E-state index is 0.892. The Balaban J connectivity index is 1.45. The van der Waals surface area contributed by atoms with Crippen LogP contribution in [0.2, 0.25) is 0 Å². The van der Waals surface area contributed by atoms with Crippen LogP contribution in [0.5, 0.6) is 0 Å². The van der Waals surface area contributed by atoms with Gasteiger partial charge in [0.15, 0.2) is 0 Å². The molecule has 0 spiro atoms. The first kappa shape index (κ1) is 42.0. The fraction of sp³-hybridized carbons (Fsp3) is 0.214. The molecule has 8 bridgehead atoms. The summed E-state index contributed by atoms with van der Waals surface area (Å²) in [5, 5.41) is 0. The van der Waals surface area contributed by atoms with Crippen LogP contribution in [0.3, 0.4) is 0 Å². The highest BCUT2D eigenvalue weighted by Gasteiger charge is 2.20. The van der Waals surface area contributed by atoms with Crippen molar-refractivity contribution in [2.24, 2.45) is 0 Å². The van der Waals surface area contributed by atoms with Crippen molar-refractivity contribution in [1.29, 1.82) is 0 Å². The van der Waals surface area contributed by atoms with Gasteiger partial charge in [-0.3, -0.25) is 0 Å². The molecule has 8 nitrogen and oxygen atoms in total. The molecule has 0 atom stereocenters. The van der Waals surface area contributed by atoms with E-state index in [1.54, 1.807) is 0 Å². The second-order valence-electron chi connectivity index (χ2n) is 16.8. The summed E-state index contributed by atoms with van der Waals surface area (Å²) in [7, 11) is 8.56. The second-order valence-corrected chi connectivity index (χ2v) is 16.8. The minimum Gasteiger partial charge on any atom is -0.375 e. The van der Waals surface area contributed by atoms with Crippen LogP contribution >= 0.6 is 0 Å². The van der Waals surface area contributed by atoms with Crippen molar-refractivity contribution in [3.05, 3.63) is 144 Å². The van der Waals surface area contributed by atoms with E-state index in [9.17, 15) is 0 Å². The standard InChI is InChI=1S/C56H58N8/c1-9-61(5)41-21-13-17-37(33-41)53-45-25-27-47(57-45)54(38-18-14-22-42(34-38)62(6)10-2)49-29-31-51(59-49)56(40-20-16-24-44(36-40)64(8)12-4)52-32-30-50(60-52)55(48-28-26-46(53)58-48)39-19-15-23-43(35-39)63(7)11-3/h13-36,57,60H,9-12H2,1-8H3. The van der Waals surface area contributed by atoms with Crippen LogP contribution < -0.4 is 19.6 Å². The highest BCUT2D eigenvalue weighted by molar-refractivity contribution is 6.00. The fourth-order valence-electron chi connectivity index (χ4n) is 8.75. The summed E-state index contributed by atoms with van der Waals surface area (Å²) in [6, 6.07) is 44.1. The van der Waals surface area contributed by atoms with Crippen LogP contribution in [0.4, 0.5) is 22.7 Å². The van der Waals surface area contributed by atoms with E-state index >= 15 is 0 Å². The summed E-state index contributed by atoms with van der Waals surface area (Å²) in [5.74, 6) is 0. The molecule has 9 rings (SSSR count). The van der Waals surface area contributed by atoms with Gasteiger partial charge in [-0.1, -0.05) is 48.5 Å². The summed E-state index contributed by atoms with van der Waals surface area (Å²) in [6.07, 6.45) is 8.71. The Morgan fingerprint density at radius 2 is 0.578 bits per heavy atom. The predicted molar refractivity (Wildman–Crippen MR) is 276 cm³/mol. The third kappa shape index (κ3) is 7.96. The van der Waals surface area contributed by atoms with Crippen LogP contribution in [-0.4, -0.2) is 74.3 Å². The molecular formula is C56H58N8. The molecule has 64 heavy (non-hydrogen) atoms. The number of fused-ring (bicyclic) bond motifs is 8. The SMILES string of the molecule is CCN(C)c1cccc(-c2c3nc(c(-c4cccc(N(C)CC)c4)c4ccc([nH]4)c(-c4cccc(N(C)CC)c4)c4nc(c(-c5cccc(N(C)CC)c5)c5ccc2[nH]5)C=C4)C=C3)c1. The van der Waals surface area contributed by atoms with Gasteiger partial charge < -0.3 is 29.6 Å². The lowest BCUT2D eigenvalue weighted by Crippen LogP contribution is -2.15. The molecule has 2 N–H and O–H groups in total. The quantitative estimate of drug-likeness (QED) is 0.128. The van der Waals surface area contributed by atoms with E-state index in [0.717, 1.165) is 138 Å². The highest BCUT2D eigenvalue weighted by atomic mass is 15.1. The number of hydrogen-bond acceptors (Lipinski definition) is 6. The minimum absolute atomic E-state index is 0.892. The molecule has 5 heterocycles. The predicted octanol–water partition coefficient (Wildman–Crippen LogP) is 13.1. The summed E-state index contributed by atoms with van der Waals surface area (Å²) >= 11 is 0. The zero-order valence-electron chi connectivity index (χ0n) is 38.4. The van der Waals surface area contributed by atoms with E-state index in [-0.39, 0.29) is 0 Å². The van der Waals surface area contributed by atoms with Crippen LogP contribution in [0.15, 0.2) is 121 Å². The lowest BCUT2D eigenvalue weighted by Gasteiger charge is -2.18. The third-order valence-electron chi connectivity index (χ3n) is 13.0. The van der Waals surface area contributed by atoms with Gasteiger partial charge in [-0.05, 0) is 147 Å². The molecule has 322 valence electrons. The topological polar surface area (TPSA) is 70.3 Å². The van der Waals surface area contributed by atoms with Crippen molar-refractivity contribution < 1.29 is 0 Å². The molecule has 2 aliphatic rings. The number of nitrogens with zero attached hydrogens (tertiary/aromatic N) is 6. The van der Waals surface area contributed by atoms with E-state index < -0.39 is 0 Å². The van der Waals surface area contributed by atoms with E-state index in [1.165, 1.54) is 0 Å². The van der Waals surface area contributed by atoms with Gasteiger partial charge in [0.05, 0.1) is 22.8 Å². The Bertz CT molecular complexity index is 2690. The van der Waals surface area contributed by atoms with Crippen molar-refractivity contribution >= 4 is 69.1 Å². The number of rotatable bonds is 12. The van der Waals surface area contributed by atoms with Gasteiger partial charge in [-0.15, -0.1) is 0 Å². The van der Waals surface area contributed by atoms with E-state index in [0.29, 0.717) is 0 Å². The Kier molecular flexibility index (Phi) is 11.7. The highest BCUT2D eigenvalue weighted by Crippen LogP contribution is 2.40. The van der Waals surface area contributed by atoms with E-state index in [4.69, 9.17) is 9.97 Å². The Morgan fingerprint density at radius 1 is 0.344 bits per heavy atom. The number of aromatic nitrogens is 4. The summed E-state index contributed by atoms with van der Waals surface area (Å²) in [6.45, 7) is 12.3.